The second-order valence-corrected chi connectivity index (χ2v) is 18.8. The first kappa shape index (κ1) is 67.5. The molecule has 0 aliphatic carbocycles. The van der Waals surface area contributed by atoms with Crippen molar-refractivity contribution < 1.29 is 28.6 Å². The summed E-state index contributed by atoms with van der Waals surface area (Å²) in [7, 11) is 0. The monoisotopic (exact) mass is 995 g/mol. The van der Waals surface area contributed by atoms with Crippen molar-refractivity contribution in [3.63, 3.8) is 0 Å². The lowest BCUT2D eigenvalue weighted by Crippen LogP contribution is -2.30. The highest BCUT2D eigenvalue weighted by molar-refractivity contribution is 5.71. The smallest absolute Gasteiger partial charge is 0.306 e. The minimum atomic E-state index is -0.818. The molecule has 0 amide bonds. The second kappa shape index (κ2) is 59.1. The van der Waals surface area contributed by atoms with Crippen molar-refractivity contribution in [3.8, 4) is 0 Å². The standard InChI is InChI=1S/C66H106O6/c1-4-7-10-13-16-19-22-25-28-30-31-32-33-34-35-37-38-41-44-47-50-53-56-59-65(68)71-62-63(61-70-64(67)58-55-52-49-46-43-40-27-24-21-18-15-12-9-6-3)72-66(69)60-57-54-51-48-45-42-39-36-29-26-23-20-17-14-11-8-5-2/h7-8,10-11,16-17,19-20,25-26,28-29,31-32,34-35,38-39,41-42,47,50,63H,4-6,9,12-15,18,21-24,27,30,33,36-37,40,43-46,48-49,51-62H2,1-3H3/b10-7-,11-8-,19-16-,20-17-,28-25-,29-26-,32-31-,35-34-,41-38-,42-39-,50-47-. The lowest BCUT2D eigenvalue weighted by molar-refractivity contribution is -0.167. The van der Waals surface area contributed by atoms with Crippen LogP contribution in [0.1, 0.15) is 245 Å². The Morgan fingerprint density at radius 3 is 0.903 bits per heavy atom. The summed E-state index contributed by atoms with van der Waals surface area (Å²) in [5.74, 6) is -0.996. The molecule has 0 saturated heterocycles. The molecule has 0 N–H and O–H groups in total. The molecule has 72 heavy (non-hydrogen) atoms. The van der Waals surface area contributed by atoms with Gasteiger partial charge in [0.15, 0.2) is 6.10 Å². The van der Waals surface area contributed by atoms with Crippen LogP contribution in [0.25, 0.3) is 0 Å². The van der Waals surface area contributed by atoms with Crippen molar-refractivity contribution in [2.75, 3.05) is 13.2 Å². The van der Waals surface area contributed by atoms with Crippen LogP contribution < -0.4 is 0 Å². The maximum atomic E-state index is 12.9. The van der Waals surface area contributed by atoms with Gasteiger partial charge in [-0.05, 0) is 109 Å². The number of esters is 3. The van der Waals surface area contributed by atoms with Gasteiger partial charge in [0, 0.05) is 19.3 Å². The van der Waals surface area contributed by atoms with Gasteiger partial charge in [0.05, 0.1) is 0 Å². The summed E-state index contributed by atoms with van der Waals surface area (Å²) in [6, 6.07) is 0. The summed E-state index contributed by atoms with van der Waals surface area (Å²) in [4.78, 5) is 38.2. The van der Waals surface area contributed by atoms with Crippen molar-refractivity contribution in [1.82, 2.24) is 0 Å². The number of hydrogen-bond donors (Lipinski definition) is 0. The highest BCUT2D eigenvalue weighted by atomic mass is 16.6. The maximum absolute atomic E-state index is 12.9. The summed E-state index contributed by atoms with van der Waals surface area (Å²) in [6.45, 7) is 6.34. The minimum Gasteiger partial charge on any atom is -0.462 e. The Hall–Kier alpha value is -4.45. The number of allylic oxidation sites excluding steroid dienone is 22. The normalized spacial score (nSPS) is 13.1. The van der Waals surface area contributed by atoms with Crippen molar-refractivity contribution >= 4 is 17.9 Å². The summed E-state index contributed by atoms with van der Waals surface area (Å²) < 4.78 is 16.8. The number of unbranched alkanes of at least 4 members (excludes halogenated alkanes) is 18. The largest absolute Gasteiger partial charge is 0.462 e. The lowest BCUT2D eigenvalue weighted by Gasteiger charge is -2.18. The number of hydrogen-bond acceptors (Lipinski definition) is 6. The van der Waals surface area contributed by atoms with E-state index in [1.165, 1.54) is 70.6 Å². The van der Waals surface area contributed by atoms with Gasteiger partial charge in [-0.25, -0.2) is 0 Å². The molecular formula is C66H106O6. The average molecular weight is 996 g/mol. The van der Waals surface area contributed by atoms with Gasteiger partial charge in [0.1, 0.15) is 13.2 Å². The topological polar surface area (TPSA) is 78.9 Å². The molecule has 0 rings (SSSR count). The molecule has 0 aromatic heterocycles. The molecule has 0 fully saturated rings. The molecule has 0 heterocycles. The lowest BCUT2D eigenvalue weighted by atomic mass is 10.0. The Balaban J connectivity index is 4.53. The van der Waals surface area contributed by atoms with Crippen LogP contribution in [0.2, 0.25) is 0 Å². The maximum Gasteiger partial charge on any atom is 0.306 e. The highest BCUT2D eigenvalue weighted by Crippen LogP contribution is 2.15. The molecule has 0 bridgehead atoms. The Bertz CT molecular complexity index is 1560. The summed E-state index contributed by atoms with van der Waals surface area (Å²) in [5, 5.41) is 0. The van der Waals surface area contributed by atoms with Crippen LogP contribution in [0, 0.1) is 0 Å². The zero-order chi connectivity index (χ0) is 52.2. The number of carbonyl (C=O) groups excluding carboxylic acids is 3. The first-order valence-electron chi connectivity index (χ1n) is 29.2. The summed E-state index contributed by atoms with van der Waals surface area (Å²) in [6.07, 6.45) is 83.0. The van der Waals surface area contributed by atoms with E-state index in [-0.39, 0.29) is 44.0 Å². The molecular weight excluding hydrogens is 889 g/mol. The van der Waals surface area contributed by atoms with Gasteiger partial charge in [0.25, 0.3) is 0 Å². The van der Waals surface area contributed by atoms with E-state index in [9.17, 15) is 14.4 Å². The van der Waals surface area contributed by atoms with Gasteiger partial charge in [-0.15, -0.1) is 0 Å². The Morgan fingerprint density at radius 1 is 0.292 bits per heavy atom. The molecule has 0 saturated carbocycles. The first-order chi connectivity index (χ1) is 35.5. The zero-order valence-electron chi connectivity index (χ0n) is 46.4. The third kappa shape index (κ3) is 56.5. The number of ether oxygens (including phenoxy) is 3. The Labute approximate surface area is 443 Å². The minimum absolute atomic E-state index is 0.108. The van der Waals surface area contributed by atoms with Gasteiger partial charge < -0.3 is 14.2 Å². The third-order valence-electron chi connectivity index (χ3n) is 11.9. The van der Waals surface area contributed by atoms with E-state index in [2.05, 4.69) is 154 Å². The molecule has 0 aromatic carbocycles. The van der Waals surface area contributed by atoms with Gasteiger partial charge in [-0.2, -0.15) is 0 Å². The van der Waals surface area contributed by atoms with Gasteiger partial charge in [-0.3, -0.25) is 14.4 Å². The molecule has 0 aromatic rings. The van der Waals surface area contributed by atoms with Crippen LogP contribution in [-0.4, -0.2) is 37.2 Å². The van der Waals surface area contributed by atoms with Crippen molar-refractivity contribution in [2.45, 2.75) is 252 Å². The van der Waals surface area contributed by atoms with Crippen molar-refractivity contribution in [2.24, 2.45) is 0 Å². The van der Waals surface area contributed by atoms with E-state index in [1.54, 1.807) is 0 Å². The van der Waals surface area contributed by atoms with Gasteiger partial charge in [0.2, 0.25) is 0 Å². The summed E-state index contributed by atoms with van der Waals surface area (Å²) >= 11 is 0. The van der Waals surface area contributed by atoms with Crippen LogP contribution in [0.5, 0.6) is 0 Å². The molecule has 6 nitrogen and oxygen atoms in total. The van der Waals surface area contributed by atoms with E-state index in [1.807, 2.05) is 0 Å². The van der Waals surface area contributed by atoms with Crippen molar-refractivity contribution in [1.29, 1.82) is 0 Å². The van der Waals surface area contributed by atoms with Crippen LogP contribution in [0.15, 0.2) is 134 Å². The molecule has 406 valence electrons. The first-order valence-corrected chi connectivity index (χ1v) is 29.2. The molecule has 0 radical (unpaired) electrons. The second-order valence-electron chi connectivity index (χ2n) is 18.8. The van der Waals surface area contributed by atoms with E-state index >= 15 is 0 Å². The quantitative estimate of drug-likeness (QED) is 0.0261. The van der Waals surface area contributed by atoms with Crippen LogP contribution in [-0.2, 0) is 28.6 Å². The molecule has 0 spiro atoms. The molecule has 0 aliphatic heterocycles. The fraction of sp³-hybridized carbons (Fsp3) is 0.621. The fourth-order valence-corrected chi connectivity index (χ4v) is 7.60. The highest BCUT2D eigenvalue weighted by Gasteiger charge is 2.19. The number of rotatable bonds is 51. The zero-order valence-corrected chi connectivity index (χ0v) is 46.4. The van der Waals surface area contributed by atoms with Crippen LogP contribution >= 0.6 is 0 Å². The van der Waals surface area contributed by atoms with E-state index in [0.717, 1.165) is 128 Å². The van der Waals surface area contributed by atoms with E-state index in [4.69, 9.17) is 14.2 Å². The number of carbonyl (C=O) groups is 3. The van der Waals surface area contributed by atoms with E-state index < -0.39 is 6.10 Å². The van der Waals surface area contributed by atoms with Crippen molar-refractivity contribution in [3.05, 3.63) is 134 Å². The predicted octanol–water partition coefficient (Wildman–Crippen LogP) is 19.8. The third-order valence-corrected chi connectivity index (χ3v) is 11.9. The van der Waals surface area contributed by atoms with Gasteiger partial charge >= 0.3 is 17.9 Å². The molecule has 6 heteroatoms. The average Bonchev–Trinajstić information content (AvgIpc) is 3.38. The van der Waals surface area contributed by atoms with Gasteiger partial charge in [-0.1, -0.05) is 251 Å². The summed E-state index contributed by atoms with van der Waals surface area (Å²) in [5.41, 5.74) is 0. The molecule has 1 atom stereocenters. The molecule has 0 aliphatic rings. The SMILES string of the molecule is CC/C=C\C/C=C\C/C=C\C/C=C\C/C=C\C/C=C\C/C=C\CCCC(=O)OCC(COC(=O)CCCCCCCCCCCCCCCC)OC(=O)CCCCCC/C=C\C/C=C\C/C=C\C/C=C\CC. The Morgan fingerprint density at radius 2 is 0.556 bits per heavy atom. The van der Waals surface area contributed by atoms with Crippen LogP contribution in [0.3, 0.4) is 0 Å². The fourth-order valence-electron chi connectivity index (χ4n) is 7.60. The van der Waals surface area contributed by atoms with Crippen LogP contribution in [0.4, 0.5) is 0 Å². The van der Waals surface area contributed by atoms with E-state index in [0.29, 0.717) is 12.8 Å². The predicted molar refractivity (Wildman–Crippen MR) is 311 cm³/mol. The molecule has 1 unspecified atom stereocenters. The Kier molecular flexibility index (Phi) is 55.5.